The minimum atomic E-state index is -0.339. The van der Waals surface area contributed by atoms with Crippen LogP contribution in [0.2, 0.25) is 5.02 Å². The summed E-state index contributed by atoms with van der Waals surface area (Å²) in [7, 11) is 0. The molecule has 98 valence electrons. The number of nitrogens with zero attached hydrogens (tertiary/aromatic N) is 2. The molecule has 0 aliphatic carbocycles. The molecule has 0 amide bonds. The second kappa shape index (κ2) is 4.99. The van der Waals surface area contributed by atoms with Crippen LogP contribution >= 0.6 is 11.6 Å². The summed E-state index contributed by atoms with van der Waals surface area (Å²) in [6.45, 7) is 0.435. The van der Waals surface area contributed by atoms with E-state index in [4.69, 9.17) is 16.9 Å². The van der Waals surface area contributed by atoms with E-state index in [1.807, 2.05) is 35.0 Å². The highest BCUT2D eigenvalue weighted by Crippen LogP contribution is 2.22. The first-order valence-corrected chi connectivity index (χ1v) is 6.48. The summed E-state index contributed by atoms with van der Waals surface area (Å²) in [6.07, 6.45) is 1.91. The van der Waals surface area contributed by atoms with Gasteiger partial charge in [0.15, 0.2) is 0 Å². The highest BCUT2D eigenvalue weighted by molar-refractivity contribution is 6.31. The van der Waals surface area contributed by atoms with Crippen molar-refractivity contribution in [1.29, 1.82) is 5.26 Å². The molecule has 1 aromatic heterocycles. The molecule has 4 heteroatoms. The van der Waals surface area contributed by atoms with Crippen molar-refractivity contribution in [2.45, 2.75) is 6.54 Å². The average Bonchev–Trinajstić information content (AvgIpc) is 2.82. The van der Waals surface area contributed by atoms with Gasteiger partial charge in [0.25, 0.3) is 0 Å². The molecule has 0 atom stereocenters. The molecule has 0 radical (unpaired) electrons. The number of benzene rings is 2. The minimum absolute atomic E-state index is 0.339. The van der Waals surface area contributed by atoms with Gasteiger partial charge >= 0.3 is 0 Å². The molecule has 0 unspecified atom stereocenters. The SMILES string of the molecule is N#Cc1ccc(F)cc1Cn1ccc2ccc(Cl)cc21. The van der Waals surface area contributed by atoms with Crippen molar-refractivity contribution in [3.8, 4) is 6.07 Å². The lowest BCUT2D eigenvalue weighted by Crippen LogP contribution is -2.01. The molecular formula is C16H10ClFN2. The van der Waals surface area contributed by atoms with Gasteiger partial charge in [-0.3, -0.25) is 0 Å². The van der Waals surface area contributed by atoms with Crippen LogP contribution in [-0.2, 0) is 6.54 Å². The van der Waals surface area contributed by atoms with Gasteiger partial charge in [-0.05, 0) is 47.3 Å². The molecule has 0 spiro atoms. The summed E-state index contributed by atoms with van der Waals surface area (Å²) in [6, 6.07) is 13.9. The van der Waals surface area contributed by atoms with Crippen LogP contribution in [0.3, 0.4) is 0 Å². The fourth-order valence-corrected chi connectivity index (χ4v) is 2.45. The first-order chi connectivity index (χ1) is 9.67. The quantitative estimate of drug-likeness (QED) is 0.687. The Morgan fingerprint density at radius 1 is 1.15 bits per heavy atom. The number of fused-ring (bicyclic) bond motifs is 1. The summed E-state index contributed by atoms with van der Waals surface area (Å²) in [5.41, 5.74) is 2.10. The Balaban J connectivity index is 2.08. The van der Waals surface area contributed by atoms with Crippen molar-refractivity contribution in [1.82, 2.24) is 4.57 Å². The van der Waals surface area contributed by atoms with Gasteiger partial charge in [-0.2, -0.15) is 5.26 Å². The van der Waals surface area contributed by atoms with Crippen LogP contribution in [0, 0.1) is 17.1 Å². The standard InChI is InChI=1S/C16H10ClFN2/c17-14-3-1-11-5-6-20(16(11)8-14)10-13-7-15(18)4-2-12(13)9-19/h1-8H,10H2. The van der Waals surface area contributed by atoms with E-state index >= 15 is 0 Å². The molecule has 0 aliphatic rings. The summed E-state index contributed by atoms with van der Waals surface area (Å²) in [5, 5.41) is 10.8. The van der Waals surface area contributed by atoms with Crippen LogP contribution in [0.25, 0.3) is 10.9 Å². The van der Waals surface area contributed by atoms with E-state index in [0.717, 1.165) is 10.9 Å². The fourth-order valence-electron chi connectivity index (χ4n) is 2.28. The number of aromatic nitrogens is 1. The molecule has 2 aromatic carbocycles. The van der Waals surface area contributed by atoms with Crippen LogP contribution in [-0.4, -0.2) is 4.57 Å². The van der Waals surface area contributed by atoms with Crippen molar-refractivity contribution in [3.05, 3.63) is 70.6 Å². The minimum Gasteiger partial charge on any atom is -0.343 e. The van der Waals surface area contributed by atoms with E-state index < -0.39 is 0 Å². The number of rotatable bonds is 2. The zero-order valence-electron chi connectivity index (χ0n) is 10.5. The van der Waals surface area contributed by atoms with Gasteiger partial charge in [0.2, 0.25) is 0 Å². The lowest BCUT2D eigenvalue weighted by atomic mass is 10.1. The maximum Gasteiger partial charge on any atom is 0.123 e. The van der Waals surface area contributed by atoms with E-state index in [2.05, 4.69) is 6.07 Å². The van der Waals surface area contributed by atoms with Gasteiger partial charge in [-0.15, -0.1) is 0 Å². The monoisotopic (exact) mass is 284 g/mol. The number of nitriles is 1. The van der Waals surface area contributed by atoms with Gasteiger partial charge in [-0.1, -0.05) is 17.7 Å². The van der Waals surface area contributed by atoms with E-state index in [9.17, 15) is 4.39 Å². The highest BCUT2D eigenvalue weighted by atomic mass is 35.5. The largest absolute Gasteiger partial charge is 0.343 e. The summed E-state index contributed by atoms with van der Waals surface area (Å²) < 4.78 is 15.3. The van der Waals surface area contributed by atoms with Gasteiger partial charge in [0, 0.05) is 23.3 Å². The molecule has 0 fully saturated rings. The average molecular weight is 285 g/mol. The molecule has 0 saturated heterocycles. The molecule has 3 rings (SSSR count). The molecule has 0 N–H and O–H groups in total. The molecule has 0 saturated carbocycles. The van der Waals surface area contributed by atoms with Crippen LogP contribution in [0.5, 0.6) is 0 Å². The Hall–Kier alpha value is -2.31. The Labute approximate surface area is 120 Å². The topological polar surface area (TPSA) is 28.7 Å². The van der Waals surface area contributed by atoms with Crippen LogP contribution in [0.1, 0.15) is 11.1 Å². The van der Waals surface area contributed by atoms with Gasteiger partial charge in [0.1, 0.15) is 5.82 Å². The van der Waals surface area contributed by atoms with Crippen molar-refractivity contribution in [3.63, 3.8) is 0 Å². The van der Waals surface area contributed by atoms with Crippen LogP contribution < -0.4 is 0 Å². The first-order valence-electron chi connectivity index (χ1n) is 6.10. The Bertz CT molecular complexity index is 830. The smallest absolute Gasteiger partial charge is 0.123 e. The molecular weight excluding hydrogens is 275 g/mol. The van der Waals surface area contributed by atoms with Crippen molar-refractivity contribution >= 4 is 22.5 Å². The molecule has 0 aliphatic heterocycles. The lowest BCUT2D eigenvalue weighted by Gasteiger charge is -2.08. The maximum atomic E-state index is 13.4. The van der Waals surface area contributed by atoms with E-state index in [0.29, 0.717) is 22.7 Å². The van der Waals surface area contributed by atoms with Crippen molar-refractivity contribution in [2.24, 2.45) is 0 Å². The summed E-state index contributed by atoms with van der Waals surface area (Å²) in [4.78, 5) is 0. The predicted molar refractivity (Wildman–Crippen MR) is 77.2 cm³/mol. The second-order valence-corrected chi connectivity index (χ2v) is 5.00. The molecule has 0 bridgehead atoms. The second-order valence-electron chi connectivity index (χ2n) is 4.56. The third-order valence-corrected chi connectivity index (χ3v) is 3.50. The maximum absolute atomic E-state index is 13.4. The van der Waals surface area contributed by atoms with E-state index in [-0.39, 0.29) is 5.82 Å². The zero-order chi connectivity index (χ0) is 14.1. The normalized spacial score (nSPS) is 10.7. The van der Waals surface area contributed by atoms with Crippen molar-refractivity contribution in [2.75, 3.05) is 0 Å². The summed E-state index contributed by atoms with van der Waals surface area (Å²) >= 11 is 6.01. The lowest BCUT2D eigenvalue weighted by molar-refractivity contribution is 0.623. The van der Waals surface area contributed by atoms with Crippen LogP contribution in [0.15, 0.2) is 48.7 Å². The Morgan fingerprint density at radius 2 is 2.00 bits per heavy atom. The third-order valence-electron chi connectivity index (χ3n) is 3.26. The number of hydrogen-bond donors (Lipinski definition) is 0. The zero-order valence-corrected chi connectivity index (χ0v) is 11.2. The highest BCUT2D eigenvalue weighted by Gasteiger charge is 2.07. The Morgan fingerprint density at radius 3 is 2.80 bits per heavy atom. The molecule has 20 heavy (non-hydrogen) atoms. The van der Waals surface area contributed by atoms with E-state index in [1.54, 1.807) is 0 Å². The van der Waals surface area contributed by atoms with Crippen molar-refractivity contribution < 1.29 is 4.39 Å². The fraction of sp³-hybridized carbons (Fsp3) is 0.0625. The third kappa shape index (κ3) is 2.26. The molecule has 2 nitrogen and oxygen atoms in total. The predicted octanol–water partition coefficient (Wildman–Crippen LogP) is 4.35. The molecule has 3 aromatic rings. The summed E-state index contributed by atoms with van der Waals surface area (Å²) in [5.74, 6) is -0.339. The number of halogens is 2. The molecule has 1 heterocycles. The van der Waals surface area contributed by atoms with E-state index in [1.165, 1.54) is 18.2 Å². The number of hydrogen-bond acceptors (Lipinski definition) is 1. The Kier molecular flexibility index (Phi) is 3.17. The van der Waals surface area contributed by atoms with Crippen LogP contribution in [0.4, 0.5) is 4.39 Å². The van der Waals surface area contributed by atoms with Gasteiger partial charge in [-0.25, -0.2) is 4.39 Å². The van der Waals surface area contributed by atoms with Gasteiger partial charge < -0.3 is 4.57 Å². The van der Waals surface area contributed by atoms with Gasteiger partial charge in [0.05, 0.1) is 11.6 Å². The first kappa shape index (κ1) is 12.7.